The molecule has 0 atom stereocenters. The van der Waals surface area contributed by atoms with Crippen LogP contribution in [0.4, 0.5) is 0 Å². The number of para-hydroxylation sites is 2. The molecule has 0 radical (unpaired) electrons. The molecule has 0 aliphatic carbocycles. The number of imidazole rings is 1. The summed E-state index contributed by atoms with van der Waals surface area (Å²) >= 11 is 0. The van der Waals surface area contributed by atoms with E-state index in [2.05, 4.69) is 115 Å². The molecule has 9 rings (SSSR count). The fourth-order valence-electron chi connectivity index (χ4n) is 6.55. The van der Waals surface area contributed by atoms with E-state index < -0.39 is 5.41 Å². The van der Waals surface area contributed by atoms with Gasteiger partial charge in [0.15, 0.2) is 0 Å². The topological polar surface area (TPSA) is 48.3 Å². The van der Waals surface area contributed by atoms with Gasteiger partial charge in [0.2, 0.25) is 0 Å². The third-order valence-electron chi connectivity index (χ3n) is 8.86. The maximum absolute atomic E-state index is 5.94. The van der Waals surface area contributed by atoms with E-state index in [0.717, 1.165) is 66.6 Å². The summed E-state index contributed by atoms with van der Waals surface area (Å²) < 4.78 is 10.2. The minimum absolute atomic E-state index is 0. The largest absolute Gasteiger partial charge is 0.557 e. The summed E-state index contributed by atoms with van der Waals surface area (Å²) in [5.74, 6) is 0. The fourth-order valence-corrected chi connectivity index (χ4v) is 6.55. The molecule has 0 N–H and O–H groups in total. The Bertz CT molecular complexity index is 2500. The van der Waals surface area contributed by atoms with Gasteiger partial charge in [-0.15, -0.1) is 17.0 Å². The second-order valence-electron chi connectivity index (χ2n) is 11.7. The van der Waals surface area contributed by atoms with Gasteiger partial charge in [-0.05, 0) is 29.3 Å². The van der Waals surface area contributed by atoms with Crippen molar-refractivity contribution in [2.45, 2.75) is 19.3 Å². The molecule has 5 aromatic heterocycles. The minimum Gasteiger partial charge on any atom is -0.557 e. The molecule has 0 fully saturated rings. The van der Waals surface area contributed by atoms with Crippen LogP contribution >= 0.6 is 0 Å². The number of pyridine rings is 2. The van der Waals surface area contributed by atoms with E-state index in [9.17, 15) is 0 Å². The Labute approximate surface area is 274 Å². The summed E-state index contributed by atoms with van der Waals surface area (Å²) in [7, 11) is 0. The first-order chi connectivity index (χ1) is 21.6. The van der Waals surface area contributed by atoms with Crippen LogP contribution in [0.1, 0.15) is 25.1 Å². The maximum Gasteiger partial charge on any atom is 0.143 e. The Morgan fingerprint density at radius 2 is 1.64 bits per heavy atom. The monoisotopic (exact) mass is 760 g/mol. The van der Waals surface area contributed by atoms with Crippen molar-refractivity contribution in [1.29, 1.82) is 0 Å². The van der Waals surface area contributed by atoms with Gasteiger partial charge in [0, 0.05) is 73.5 Å². The van der Waals surface area contributed by atoms with Crippen molar-refractivity contribution in [3.8, 4) is 16.9 Å². The zero-order valence-electron chi connectivity index (χ0n) is 24.5. The number of benzene rings is 4. The Balaban J connectivity index is 0.00000300. The predicted octanol–water partition coefficient (Wildman–Crippen LogP) is 9.12. The van der Waals surface area contributed by atoms with Crippen LogP contribution in [0.2, 0.25) is 0 Å². The van der Waals surface area contributed by atoms with Gasteiger partial charge in [0.05, 0.1) is 0 Å². The third-order valence-corrected chi connectivity index (χ3v) is 8.86. The smallest absolute Gasteiger partial charge is 0.143 e. The Hall–Kier alpha value is -4.99. The minimum atomic E-state index is -0.432. The predicted molar refractivity (Wildman–Crippen MR) is 175 cm³/mol. The van der Waals surface area contributed by atoms with Crippen LogP contribution in [0.25, 0.3) is 66.1 Å². The second-order valence-corrected chi connectivity index (χ2v) is 11.7. The summed E-state index contributed by atoms with van der Waals surface area (Å²) in [5.41, 5.74) is 8.07. The molecule has 0 spiro atoms. The molecule has 0 saturated carbocycles. The number of fused-ring (bicyclic) bond motifs is 8. The third kappa shape index (κ3) is 4.11. The first-order valence-corrected chi connectivity index (χ1v) is 14.7. The van der Waals surface area contributed by atoms with Gasteiger partial charge in [-0.3, -0.25) is 0 Å². The van der Waals surface area contributed by atoms with E-state index >= 15 is 0 Å². The average molecular weight is 761 g/mol. The van der Waals surface area contributed by atoms with Gasteiger partial charge < -0.3 is 18.4 Å². The molecule has 220 valence electrons. The molecule has 6 heteroatoms. The Morgan fingerprint density at radius 3 is 2.58 bits per heavy atom. The molecule has 0 amide bonds. The molecule has 9 aromatic rings. The molecular formula is C39H25N4OPt-3. The second kappa shape index (κ2) is 10.3. The average Bonchev–Trinajstić information content (AvgIpc) is 3.81. The summed E-state index contributed by atoms with van der Waals surface area (Å²) in [6, 6.07) is 40.6. The van der Waals surface area contributed by atoms with Gasteiger partial charge in [0.25, 0.3) is 0 Å². The van der Waals surface area contributed by atoms with Crippen molar-refractivity contribution in [1.82, 2.24) is 18.9 Å². The zero-order valence-corrected chi connectivity index (χ0v) is 26.8. The van der Waals surface area contributed by atoms with Gasteiger partial charge in [-0.2, -0.15) is 42.5 Å². The number of rotatable bonds is 4. The standard InChI is InChI=1S/C39H25N4O.Pt/c1-39(2,25-9-7-10-26(23-25)43-33-14-5-3-11-27(33)28-12-4-6-15-34(28)43)36-16-8-13-32(41-36)31-24-44-35-18-17-30-29(37(31)35)19-21-42-22-20-40-38(30)42;/h3-14,16-22H,1-2H3;/q-3;. The van der Waals surface area contributed by atoms with E-state index in [0.29, 0.717) is 0 Å². The molecule has 0 saturated heterocycles. The number of aromatic nitrogens is 4. The van der Waals surface area contributed by atoms with Crippen LogP contribution in [-0.2, 0) is 26.5 Å². The maximum atomic E-state index is 5.94. The quantitative estimate of drug-likeness (QED) is 0.168. The van der Waals surface area contributed by atoms with Crippen LogP contribution in [0.15, 0.2) is 120 Å². The SMILES string of the molecule is CC(C)(c1[c-]c(-n2c3[c-]cccc3c3ccccc32)ccc1)c1cccc(-c2[c-]oc3ccc4c(ccn5ccnc45)c23)n1.[Pt]. The summed E-state index contributed by atoms with van der Waals surface area (Å²) in [5, 5.41) is 5.51. The molecule has 5 nitrogen and oxygen atoms in total. The molecule has 0 unspecified atom stereocenters. The number of furan rings is 1. The van der Waals surface area contributed by atoms with Crippen LogP contribution < -0.4 is 0 Å². The van der Waals surface area contributed by atoms with E-state index in [-0.39, 0.29) is 21.1 Å². The number of hydrogen-bond donors (Lipinski definition) is 0. The van der Waals surface area contributed by atoms with Crippen LogP contribution in [0.5, 0.6) is 0 Å². The van der Waals surface area contributed by atoms with Crippen molar-refractivity contribution in [2.24, 2.45) is 0 Å². The summed E-state index contributed by atoms with van der Waals surface area (Å²) in [6.45, 7) is 4.41. The van der Waals surface area contributed by atoms with Crippen molar-refractivity contribution >= 4 is 49.2 Å². The Morgan fingerprint density at radius 1 is 0.778 bits per heavy atom. The van der Waals surface area contributed by atoms with Gasteiger partial charge >= 0.3 is 0 Å². The number of hydrogen-bond acceptors (Lipinski definition) is 3. The van der Waals surface area contributed by atoms with Crippen molar-refractivity contribution < 1.29 is 25.5 Å². The van der Waals surface area contributed by atoms with Crippen molar-refractivity contribution in [2.75, 3.05) is 0 Å². The molecule has 0 aliphatic rings. The van der Waals surface area contributed by atoms with Gasteiger partial charge in [-0.1, -0.05) is 83.9 Å². The summed E-state index contributed by atoms with van der Waals surface area (Å²) in [4.78, 5) is 9.80. The van der Waals surface area contributed by atoms with Crippen molar-refractivity contribution in [3.63, 3.8) is 0 Å². The molecule has 5 heterocycles. The normalized spacial score (nSPS) is 12.0. The molecule has 4 aromatic carbocycles. The van der Waals surface area contributed by atoms with E-state index in [1.807, 2.05) is 47.3 Å². The van der Waals surface area contributed by atoms with Crippen LogP contribution in [-0.4, -0.2) is 18.9 Å². The number of nitrogens with zero attached hydrogens (tertiary/aromatic N) is 4. The molecule has 45 heavy (non-hydrogen) atoms. The zero-order chi connectivity index (χ0) is 29.4. The van der Waals surface area contributed by atoms with Crippen LogP contribution in [0.3, 0.4) is 0 Å². The fraction of sp³-hybridized carbons (Fsp3) is 0.0769. The van der Waals surface area contributed by atoms with Gasteiger partial charge in [0.1, 0.15) is 5.65 Å². The van der Waals surface area contributed by atoms with E-state index in [1.54, 1.807) is 0 Å². The molecule has 0 bridgehead atoms. The molecule has 0 aliphatic heterocycles. The van der Waals surface area contributed by atoms with E-state index in [4.69, 9.17) is 9.40 Å². The first-order valence-electron chi connectivity index (χ1n) is 14.7. The molecular weight excluding hydrogens is 736 g/mol. The first kappa shape index (κ1) is 27.5. The van der Waals surface area contributed by atoms with Crippen LogP contribution in [0, 0.1) is 18.4 Å². The van der Waals surface area contributed by atoms with E-state index in [1.165, 1.54) is 10.8 Å². The van der Waals surface area contributed by atoms with Gasteiger partial charge in [-0.25, -0.2) is 4.98 Å². The summed E-state index contributed by atoms with van der Waals surface area (Å²) in [6.07, 6.45) is 8.98. The Kier molecular flexibility index (Phi) is 6.30. The van der Waals surface area contributed by atoms with Crippen molar-refractivity contribution in [3.05, 3.63) is 145 Å².